The Kier molecular flexibility index (Phi) is 6.48. The largest absolute Gasteiger partial charge is 0.481 e. The Bertz CT molecular complexity index is 1300. The number of rotatable bonds is 6. The molecule has 2 N–H and O–H groups in total. The van der Waals surface area contributed by atoms with Gasteiger partial charge in [-0.1, -0.05) is 29.8 Å². The number of imide groups is 1. The molecule has 4 aromatic rings. The molecule has 2 amide bonds. The third kappa shape index (κ3) is 5.25. The SMILES string of the molecule is C[C@@H](Oc1ccc(Oc2cnc3cc(Cl)ccc3n2)cc1)C(=O)N(N)C(=O)c1ccccc1. The number of benzene rings is 3. The van der Waals surface area contributed by atoms with Crippen LogP contribution in [0.5, 0.6) is 17.4 Å². The minimum Gasteiger partial charge on any atom is -0.481 e. The molecule has 0 radical (unpaired) electrons. The monoisotopic (exact) mass is 462 g/mol. The van der Waals surface area contributed by atoms with Gasteiger partial charge >= 0.3 is 0 Å². The van der Waals surface area contributed by atoms with Crippen LogP contribution in [0.4, 0.5) is 0 Å². The van der Waals surface area contributed by atoms with Gasteiger partial charge in [-0.25, -0.2) is 20.8 Å². The molecule has 0 bridgehead atoms. The normalized spacial score (nSPS) is 11.6. The second-order valence-corrected chi connectivity index (χ2v) is 7.49. The summed E-state index contributed by atoms with van der Waals surface area (Å²) in [5.74, 6) is 5.66. The molecule has 8 nitrogen and oxygen atoms in total. The van der Waals surface area contributed by atoms with Gasteiger partial charge in [0.05, 0.1) is 17.2 Å². The van der Waals surface area contributed by atoms with Crippen LogP contribution in [0, 0.1) is 0 Å². The number of nitrogens with zero attached hydrogens (tertiary/aromatic N) is 3. The number of fused-ring (bicyclic) bond motifs is 1. The summed E-state index contributed by atoms with van der Waals surface area (Å²) in [6.45, 7) is 1.52. The molecule has 33 heavy (non-hydrogen) atoms. The van der Waals surface area contributed by atoms with Gasteiger partial charge in [-0.15, -0.1) is 0 Å². The summed E-state index contributed by atoms with van der Waals surface area (Å²) in [7, 11) is 0. The van der Waals surface area contributed by atoms with Crippen molar-refractivity contribution in [1.82, 2.24) is 15.0 Å². The van der Waals surface area contributed by atoms with Crippen LogP contribution in [0.25, 0.3) is 11.0 Å². The lowest BCUT2D eigenvalue weighted by Gasteiger charge is -2.20. The number of hydrogen-bond donors (Lipinski definition) is 1. The van der Waals surface area contributed by atoms with Crippen molar-refractivity contribution in [2.24, 2.45) is 5.84 Å². The van der Waals surface area contributed by atoms with E-state index in [9.17, 15) is 9.59 Å². The minimum absolute atomic E-state index is 0.307. The van der Waals surface area contributed by atoms with Crippen LogP contribution in [-0.2, 0) is 4.79 Å². The first kappa shape index (κ1) is 22.2. The van der Waals surface area contributed by atoms with E-state index in [1.54, 1.807) is 72.8 Å². The van der Waals surface area contributed by atoms with Crippen molar-refractivity contribution in [3.8, 4) is 17.4 Å². The molecule has 3 aromatic carbocycles. The number of aromatic nitrogens is 2. The van der Waals surface area contributed by atoms with Crippen LogP contribution in [-0.4, -0.2) is 32.9 Å². The highest BCUT2D eigenvalue weighted by Crippen LogP contribution is 2.25. The standard InChI is InChI=1S/C24H19ClN4O4/c1-15(23(30)29(26)24(31)16-5-3-2-4-6-16)32-18-8-10-19(11-9-18)33-22-14-27-21-13-17(25)7-12-20(21)28-22/h2-15H,26H2,1H3/t15-/m1/s1. The first-order valence-corrected chi connectivity index (χ1v) is 10.3. The van der Waals surface area contributed by atoms with E-state index in [1.165, 1.54) is 13.1 Å². The molecule has 0 saturated carbocycles. The van der Waals surface area contributed by atoms with E-state index in [0.29, 0.717) is 44.0 Å². The van der Waals surface area contributed by atoms with E-state index >= 15 is 0 Å². The minimum atomic E-state index is -0.979. The van der Waals surface area contributed by atoms with Crippen molar-refractivity contribution < 1.29 is 19.1 Å². The van der Waals surface area contributed by atoms with Crippen molar-refractivity contribution in [3.05, 3.63) is 89.6 Å². The molecule has 0 saturated heterocycles. The van der Waals surface area contributed by atoms with E-state index < -0.39 is 17.9 Å². The molecule has 0 aliphatic rings. The van der Waals surface area contributed by atoms with Gasteiger partial charge in [0.1, 0.15) is 11.5 Å². The second-order valence-electron chi connectivity index (χ2n) is 7.05. The molecule has 1 atom stereocenters. The lowest BCUT2D eigenvalue weighted by atomic mass is 10.2. The molecule has 0 unspecified atom stereocenters. The second kappa shape index (κ2) is 9.64. The van der Waals surface area contributed by atoms with E-state index in [1.807, 2.05) is 0 Å². The molecule has 1 aromatic heterocycles. The lowest BCUT2D eigenvalue weighted by molar-refractivity contribution is -0.135. The van der Waals surface area contributed by atoms with Crippen molar-refractivity contribution in [2.45, 2.75) is 13.0 Å². The van der Waals surface area contributed by atoms with Gasteiger partial charge in [0.25, 0.3) is 11.8 Å². The van der Waals surface area contributed by atoms with Gasteiger partial charge in [-0.3, -0.25) is 9.59 Å². The molecular weight excluding hydrogens is 444 g/mol. The Morgan fingerprint density at radius 3 is 2.39 bits per heavy atom. The smallest absolute Gasteiger partial charge is 0.284 e. The average molecular weight is 463 g/mol. The van der Waals surface area contributed by atoms with E-state index in [-0.39, 0.29) is 0 Å². The quantitative estimate of drug-likeness (QED) is 0.257. The third-order valence-electron chi connectivity index (χ3n) is 4.67. The molecule has 1 heterocycles. The molecule has 166 valence electrons. The third-order valence-corrected chi connectivity index (χ3v) is 4.90. The van der Waals surface area contributed by atoms with Crippen LogP contribution >= 0.6 is 11.6 Å². The van der Waals surface area contributed by atoms with E-state index in [2.05, 4.69) is 9.97 Å². The number of halogens is 1. The summed E-state index contributed by atoms with van der Waals surface area (Å²) >= 11 is 5.96. The Hall–Kier alpha value is -4.01. The van der Waals surface area contributed by atoms with Crippen LogP contribution in [0.15, 0.2) is 79.0 Å². The molecule has 0 aliphatic heterocycles. The highest BCUT2D eigenvalue weighted by molar-refractivity contribution is 6.31. The fourth-order valence-corrected chi connectivity index (χ4v) is 3.16. The zero-order valence-corrected chi connectivity index (χ0v) is 18.3. The number of hydrogen-bond acceptors (Lipinski definition) is 7. The summed E-state index contributed by atoms with van der Waals surface area (Å²) in [5, 5.41) is 1.14. The maximum atomic E-state index is 12.5. The van der Waals surface area contributed by atoms with Gasteiger partial charge < -0.3 is 9.47 Å². The highest BCUT2D eigenvalue weighted by Gasteiger charge is 2.25. The topological polar surface area (TPSA) is 108 Å². The van der Waals surface area contributed by atoms with E-state index in [4.69, 9.17) is 26.9 Å². The Balaban J connectivity index is 1.38. The van der Waals surface area contributed by atoms with Crippen molar-refractivity contribution in [1.29, 1.82) is 0 Å². The van der Waals surface area contributed by atoms with Crippen molar-refractivity contribution in [3.63, 3.8) is 0 Å². The number of carbonyl (C=O) groups excluding carboxylic acids is 2. The first-order valence-electron chi connectivity index (χ1n) is 9.95. The predicted octanol–water partition coefficient (Wildman–Crippen LogP) is 4.39. The molecule has 0 spiro atoms. The summed E-state index contributed by atoms with van der Waals surface area (Å²) in [6.07, 6.45) is 0.524. The van der Waals surface area contributed by atoms with Crippen LogP contribution in [0.2, 0.25) is 5.02 Å². The predicted molar refractivity (Wildman–Crippen MR) is 123 cm³/mol. The van der Waals surface area contributed by atoms with Gasteiger partial charge in [-0.05, 0) is 61.5 Å². The first-order chi connectivity index (χ1) is 15.9. The Morgan fingerprint density at radius 1 is 0.970 bits per heavy atom. The number of nitrogens with two attached hydrogens (primary N) is 1. The van der Waals surface area contributed by atoms with Crippen molar-refractivity contribution >= 4 is 34.4 Å². The maximum Gasteiger partial charge on any atom is 0.284 e. The molecule has 4 rings (SSSR count). The van der Waals surface area contributed by atoms with Crippen molar-refractivity contribution in [2.75, 3.05) is 0 Å². The number of carbonyl (C=O) groups is 2. The number of ether oxygens (including phenoxy) is 2. The number of hydrazine groups is 1. The van der Waals surface area contributed by atoms with Gasteiger partial charge in [0.15, 0.2) is 6.10 Å². The molecule has 0 fully saturated rings. The van der Waals surface area contributed by atoms with Gasteiger partial charge in [-0.2, -0.15) is 0 Å². The average Bonchev–Trinajstić information content (AvgIpc) is 2.84. The summed E-state index contributed by atoms with van der Waals surface area (Å²) < 4.78 is 11.4. The zero-order chi connectivity index (χ0) is 23.4. The maximum absolute atomic E-state index is 12.5. The van der Waals surface area contributed by atoms with Gasteiger partial charge in [0.2, 0.25) is 5.88 Å². The summed E-state index contributed by atoms with van der Waals surface area (Å²) in [4.78, 5) is 33.5. The molecule has 9 heteroatoms. The lowest BCUT2D eigenvalue weighted by Crippen LogP contribution is -2.48. The number of amides is 2. The highest BCUT2D eigenvalue weighted by atomic mass is 35.5. The fourth-order valence-electron chi connectivity index (χ4n) is 2.99. The molecular formula is C24H19ClN4O4. The molecule has 0 aliphatic carbocycles. The Morgan fingerprint density at radius 2 is 1.67 bits per heavy atom. The zero-order valence-electron chi connectivity index (χ0n) is 17.5. The van der Waals surface area contributed by atoms with Crippen LogP contribution < -0.4 is 15.3 Å². The summed E-state index contributed by atoms with van der Waals surface area (Å²) in [6, 6.07) is 20.1. The van der Waals surface area contributed by atoms with E-state index in [0.717, 1.165) is 0 Å². The summed E-state index contributed by atoms with van der Waals surface area (Å²) in [5.41, 5.74) is 1.62. The Labute approximate surface area is 194 Å². The fraction of sp³-hybridized carbons (Fsp3) is 0.0833. The van der Waals surface area contributed by atoms with Gasteiger partial charge in [0, 0.05) is 10.6 Å². The van der Waals surface area contributed by atoms with Crippen LogP contribution in [0.1, 0.15) is 17.3 Å². The van der Waals surface area contributed by atoms with Crippen LogP contribution in [0.3, 0.4) is 0 Å².